The Hall–Kier alpha value is -3.83. The Morgan fingerprint density at radius 3 is 2.34 bits per heavy atom. The van der Waals surface area contributed by atoms with Crippen LogP contribution >= 0.6 is 0 Å². The summed E-state index contributed by atoms with van der Waals surface area (Å²) >= 11 is 0. The van der Waals surface area contributed by atoms with Gasteiger partial charge in [-0.25, -0.2) is 14.3 Å². The lowest BCUT2D eigenvalue weighted by molar-refractivity contribution is 0.0765. The van der Waals surface area contributed by atoms with Gasteiger partial charge >= 0.3 is 6.03 Å². The number of H-pyrrole nitrogens is 1. The van der Waals surface area contributed by atoms with Gasteiger partial charge in [-0.1, -0.05) is 24.3 Å². The Morgan fingerprint density at radius 2 is 1.63 bits per heavy atom. The highest BCUT2D eigenvalue weighted by Crippen LogP contribution is 2.33. The second kappa shape index (κ2) is 11.6. The van der Waals surface area contributed by atoms with Crippen molar-refractivity contribution in [2.24, 2.45) is 11.8 Å². The van der Waals surface area contributed by atoms with Gasteiger partial charge in [0.1, 0.15) is 5.82 Å². The summed E-state index contributed by atoms with van der Waals surface area (Å²) in [5.41, 5.74) is 1.16. The molecule has 3 fully saturated rings. The summed E-state index contributed by atoms with van der Waals surface area (Å²) in [5.74, 6) is -0.512. The first-order valence-electron chi connectivity index (χ1n) is 14.2. The number of nitrogens with one attached hydrogen (secondary N) is 1. The molecule has 3 amide bonds. The maximum atomic E-state index is 14.9. The van der Waals surface area contributed by atoms with Gasteiger partial charge in [-0.3, -0.25) is 14.5 Å². The number of likely N-dealkylation sites (tertiary alicyclic amines) is 2. The first-order chi connectivity index (χ1) is 19.9. The molecule has 41 heavy (non-hydrogen) atoms. The molecule has 3 saturated heterocycles. The third-order valence-electron chi connectivity index (χ3n) is 8.71. The number of fused-ring (bicyclic) bond motifs is 2. The van der Waals surface area contributed by atoms with Gasteiger partial charge in [0.2, 0.25) is 0 Å². The van der Waals surface area contributed by atoms with Crippen LogP contribution in [0.4, 0.5) is 9.18 Å². The number of carbonyl (C=O) groups excluding carboxylic acids is 2. The molecule has 0 aliphatic carbocycles. The first kappa shape index (κ1) is 27.3. The largest absolute Gasteiger partial charge is 0.383 e. The van der Waals surface area contributed by atoms with E-state index in [1.54, 1.807) is 36.3 Å². The molecule has 2 unspecified atom stereocenters. The Morgan fingerprint density at radius 1 is 0.951 bits per heavy atom. The number of halogens is 1. The van der Waals surface area contributed by atoms with Crippen molar-refractivity contribution in [3.8, 4) is 0 Å². The summed E-state index contributed by atoms with van der Waals surface area (Å²) < 4.78 is 20.1. The van der Waals surface area contributed by atoms with E-state index in [1.807, 2.05) is 21.9 Å². The Bertz CT molecular complexity index is 1490. The van der Waals surface area contributed by atoms with Crippen LogP contribution < -0.4 is 5.56 Å². The molecule has 3 aromatic rings. The minimum atomic E-state index is -0.559. The zero-order valence-corrected chi connectivity index (χ0v) is 23.2. The van der Waals surface area contributed by atoms with E-state index in [4.69, 9.17) is 4.74 Å². The van der Waals surface area contributed by atoms with Gasteiger partial charge < -0.3 is 19.4 Å². The molecule has 6 rings (SSSR count). The number of aromatic nitrogens is 2. The van der Waals surface area contributed by atoms with Gasteiger partial charge in [0.05, 0.1) is 23.3 Å². The minimum Gasteiger partial charge on any atom is -0.383 e. The average Bonchev–Trinajstić information content (AvgIpc) is 3.58. The van der Waals surface area contributed by atoms with Crippen molar-refractivity contribution >= 4 is 22.7 Å². The van der Waals surface area contributed by atoms with Gasteiger partial charge in [-0.2, -0.15) is 5.10 Å². The number of hydrogen-bond acceptors (Lipinski definition) is 6. The monoisotopic (exact) mass is 562 g/mol. The number of hydrogen-bond donors (Lipinski definition) is 1. The van der Waals surface area contributed by atoms with E-state index in [9.17, 15) is 18.8 Å². The lowest BCUT2D eigenvalue weighted by atomic mass is 10.0. The number of methoxy groups -OCH3 is 1. The molecule has 0 saturated carbocycles. The predicted molar refractivity (Wildman–Crippen MR) is 151 cm³/mol. The van der Waals surface area contributed by atoms with E-state index in [-0.39, 0.29) is 34.9 Å². The number of piperazine rings is 1. The van der Waals surface area contributed by atoms with Crippen LogP contribution in [0.2, 0.25) is 0 Å². The molecular weight excluding hydrogens is 527 g/mol. The summed E-state index contributed by atoms with van der Waals surface area (Å²) in [6, 6.07) is 11.8. The molecule has 3 aliphatic heterocycles. The van der Waals surface area contributed by atoms with Gasteiger partial charge in [0, 0.05) is 89.7 Å². The molecule has 4 heterocycles. The van der Waals surface area contributed by atoms with Gasteiger partial charge in [0.15, 0.2) is 0 Å². The molecule has 3 aliphatic rings. The van der Waals surface area contributed by atoms with Crippen LogP contribution in [0, 0.1) is 17.7 Å². The fraction of sp³-hybridized carbons (Fsp3) is 0.467. The SMILES string of the molecule is COCCN1CCN(C(=O)N2CC3CN(C(=O)c4cc(Cc5n[nH]c(=O)c6ccccc56)ccc4F)CC3C2)CC1. The van der Waals surface area contributed by atoms with E-state index < -0.39 is 5.82 Å². The average molecular weight is 563 g/mol. The number of aromatic amines is 1. The van der Waals surface area contributed by atoms with Crippen molar-refractivity contribution in [1.29, 1.82) is 0 Å². The van der Waals surface area contributed by atoms with E-state index in [2.05, 4.69) is 15.1 Å². The van der Waals surface area contributed by atoms with Crippen molar-refractivity contribution in [1.82, 2.24) is 29.8 Å². The number of benzene rings is 2. The molecule has 1 aromatic heterocycles. The number of urea groups is 1. The molecule has 2 atom stereocenters. The molecule has 0 spiro atoms. The molecular formula is C30H35FN6O4. The topological polar surface area (TPSA) is 102 Å². The van der Waals surface area contributed by atoms with Crippen molar-refractivity contribution in [2.45, 2.75) is 6.42 Å². The zero-order valence-electron chi connectivity index (χ0n) is 23.2. The zero-order chi connectivity index (χ0) is 28.5. The van der Waals surface area contributed by atoms with Crippen molar-refractivity contribution in [3.63, 3.8) is 0 Å². The maximum Gasteiger partial charge on any atom is 0.320 e. The fourth-order valence-electron chi connectivity index (χ4n) is 6.41. The first-order valence-corrected chi connectivity index (χ1v) is 14.2. The quantitative estimate of drug-likeness (QED) is 0.494. The van der Waals surface area contributed by atoms with Crippen LogP contribution in [0.5, 0.6) is 0 Å². The second-order valence-corrected chi connectivity index (χ2v) is 11.3. The van der Waals surface area contributed by atoms with E-state index >= 15 is 0 Å². The van der Waals surface area contributed by atoms with Crippen LogP contribution in [0.25, 0.3) is 10.8 Å². The van der Waals surface area contributed by atoms with Gasteiger partial charge in [-0.15, -0.1) is 0 Å². The smallest absolute Gasteiger partial charge is 0.320 e. The molecule has 0 bridgehead atoms. The van der Waals surface area contributed by atoms with Crippen LogP contribution in [-0.4, -0.2) is 114 Å². The van der Waals surface area contributed by atoms with E-state index in [1.165, 1.54) is 6.07 Å². The highest BCUT2D eigenvalue weighted by molar-refractivity contribution is 5.95. The lowest BCUT2D eigenvalue weighted by Crippen LogP contribution is -2.53. The standard InChI is InChI=1S/C30H35FN6O4/c1-41-13-12-34-8-10-35(11-9-34)30(40)37-18-21-16-36(17-22(21)19-37)29(39)25-14-20(6-7-26(25)31)15-27-23-4-2-3-5-24(23)28(38)33-32-27/h2-7,14,21-22H,8-13,15-19H2,1H3,(H,33,38). The number of nitrogens with zero attached hydrogens (tertiary/aromatic N) is 5. The molecule has 216 valence electrons. The maximum absolute atomic E-state index is 14.9. The fourth-order valence-corrected chi connectivity index (χ4v) is 6.41. The number of rotatable bonds is 6. The summed E-state index contributed by atoms with van der Waals surface area (Å²) in [5, 5.41) is 8.01. The Kier molecular flexibility index (Phi) is 7.72. The van der Waals surface area contributed by atoms with Gasteiger partial charge in [0.25, 0.3) is 11.5 Å². The summed E-state index contributed by atoms with van der Waals surface area (Å²) in [6.45, 7) is 6.92. The number of ether oxygens (including phenoxy) is 1. The molecule has 1 N–H and O–H groups in total. The van der Waals surface area contributed by atoms with E-state index in [0.717, 1.165) is 30.6 Å². The third kappa shape index (κ3) is 5.56. The van der Waals surface area contributed by atoms with Crippen molar-refractivity contribution < 1.29 is 18.7 Å². The van der Waals surface area contributed by atoms with Crippen molar-refractivity contribution in [3.05, 3.63) is 75.5 Å². The van der Waals surface area contributed by atoms with Crippen LogP contribution in [0.1, 0.15) is 21.6 Å². The second-order valence-electron chi connectivity index (χ2n) is 11.3. The predicted octanol–water partition coefficient (Wildman–Crippen LogP) is 2.04. The summed E-state index contributed by atoms with van der Waals surface area (Å²) in [6.07, 6.45) is 0.348. The highest BCUT2D eigenvalue weighted by atomic mass is 19.1. The number of amides is 3. The summed E-state index contributed by atoms with van der Waals surface area (Å²) in [7, 11) is 1.70. The summed E-state index contributed by atoms with van der Waals surface area (Å²) in [4.78, 5) is 46.6. The van der Waals surface area contributed by atoms with Gasteiger partial charge in [-0.05, 0) is 23.8 Å². The Labute approximate surface area is 237 Å². The Balaban J connectivity index is 1.08. The lowest BCUT2D eigenvalue weighted by Gasteiger charge is -2.36. The third-order valence-corrected chi connectivity index (χ3v) is 8.71. The molecule has 0 radical (unpaired) electrons. The van der Waals surface area contributed by atoms with Crippen LogP contribution in [-0.2, 0) is 11.2 Å². The molecule has 11 heteroatoms. The molecule has 2 aromatic carbocycles. The van der Waals surface area contributed by atoms with Crippen molar-refractivity contribution in [2.75, 3.05) is 72.6 Å². The van der Waals surface area contributed by atoms with Crippen LogP contribution in [0.15, 0.2) is 47.3 Å². The highest BCUT2D eigenvalue weighted by Gasteiger charge is 2.44. The number of carbonyl (C=O) groups is 2. The normalized spacial score (nSPS) is 21.1. The minimum absolute atomic E-state index is 0.0375. The molecule has 10 nitrogen and oxygen atoms in total. The van der Waals surface area contributed by atoms with Crippen LogP contribution in [0.3, 0.4) is 0 Å². The van der Waals surface area contributed by atoms with E-state index in [0.29, 0.717) is 63.4 Å².